The zero-order valence-electron chi connectivity index (χ0n) is 15.9. The number of amides is 1. The highest BCUT2D eigenvalue weighted by molar-refractivity contribution is 7.91. The summed E-state index contributed by atoms with van der Waals surface area (Å²) in [5.74, 6) is -0.344. The summed E-state index contributed by atoms with van der Waals surface area (Å²) in [6, 6.07) is 6.34. The molecule has 1 aromatic carbocycles. The van der Waals surface area contributed by atoms with Crippen molar-refractivity contribution in [2.24, 2.45) is 0 Å². The van der Waals surface area contributed by atoms with Crippen LogP contribution in [-0.2, 0) is 14.8 Å². The molecule has 1 aliphatic rings. The number of carbonyl (C=O) groups is 1. The molecule has 3 heterocycles. The monoisotopic (exact) mass is 469 g/mol. The Kier molecular flexibility index (Phi) is 5.69. The standard InChI is InChI=1S/C19H20ClN3O3S3/c1-11-9-13-15(10-12(11)2)27-19(21-13)22-18(24)14-5-3-4-8-23(14)29(25,26)17-7-6-16(20)28-17/h6-7,9-10,14H,3-5,8H2,1-2H3,(H,21,22,24). The van der Waals surface area contributed by atoms with Crippen LogP contribution < -0.4 is 5.32 Å². The minimum absolute atomic E-state index is 0.160. The number of aromatic nitrogens is 1. The molecular formula is C19H20ClN3O3S3. The number of thiophene rings is 1. The highest BCUT2D eigenvalue weighted by Gasteiger charge is 2.38. The van der Waals surface area contributed by atoms with Gasteiger partial charge in [0.15, 0.2) is 5.13 Å². The second kappa shape index (κ2) is 7.96. The Morgan fingerprint density at radius 3 is 2.69 bits per heavy atom. The molecule has 1 N–H and O–H groups in total. The molecule has 1 unspecified atom stereocenters. The number of rotatable bonds is 4. The van der Waals surface area contributed by atoms with Gasteiger partial charge in [-0.2, -0.15) is 4.31 Å². The summed E-state index contributed by atoms with van der Waals surface area (Å²) < 4.78 is 29.0. The van der Waals surface area contributed by atoms with Gasteiger partial charge in [0.1, 0.15) is 10.3 Å². The maximum absolute atomic E-state index is 13.1. The van der Waals surface area contributed by atoms with Gasteiger partial charge in [0.2, 0.25) is 5.91 Å². The van der Waals surface area contributed by atoms with Crippen molar-refractivity contribution in [3.63, 3.8) is 0 Å². The van der Waals surface area contributed by atoms with Crippen molar-refractivity contribution in [2.75, 3.05) is 11.9 Å². The molecule has 4 rings (SSSR count). The van der Waals surface area contributed by atoms with Crippen LogP contribution in [-0.4, -0.2) is 36.2 Å². The Balaban J connectivity index is 1.59. The van der Waals surface area contributed by atoms with E-state index in [0.717, 1.165) is 45.5 Å². The summed E-state index contributed by atoms with van der Waals surface area (Å²) in [5.41, 5.74) is 3.13. The topological polar surface area (TPSA) is 79.4 Å². The number of aryl methyl sites for hydroxylation is 2. The number of hydrogen-bond donors (Lipinski definition) is 1. The lowest BCUT2D eigenvalue weighted by molar-refractivity contribution is -0.120. The summed E-state index contributed by atoms with van der Waals surface area (Å²) in [6.45, 7) is 4.37. The molecule has 0 bridgehead atoms. The smallest absolute Gasteiger partial charge is 0.253 e. The summed E-state index contributed by atoms with van der Waals surface area (Å²) in [5, 5.41) is 3.32. The number of benzene rings is 1. The molecule has 0 spiro atoms. The number of hydrogen-bond acceptors (Lipinski definition) is 6. The third-order valence-electron chi connectivity index (χ3n) is 5.10. The Labute approximate surface area is 182 Å². The quantitative estimate of drug-likeness (QED) is 0.594. The minimum atomic E-state index is -3.77. The third kappa shape index (κ3) is 4.06. The van der Waals surface area contributed by atoms with Crippen molar-refractivity contribution in [1.82, 2.24) is 9.29 Å². The van der Waals surface area contributed by atoms with Gasteiger partial charge in [0.25, 0.3) is 10.0 Å². The second-order valence-corrected chi connectivity index (χ2v) is 12.0. The molecule has 1 atom stereocenters. The summed E-state index contributed by atoms with van der Waals surface area (Å²) >= 11 is 8.32. The maximum atomic E-state index is 13.1. The van der Waals surface area contributed by atoms with Crippen LogP contribution in [0.2, 0.25) is 4.34 Å². The van der Waals surface area contributed by atoms with E-state index in [0.29, 0.717) is 22.4 Å². The van der Waals surface area contributed by atoms with Gasteiger partial charge in [-0.3, -0.25) is 4.79 Å². The van der Waals surface area contributed by atoms with Gasteiger partial charge < -0.3 is 5.32 Å². The summed E-state index contributed by atoms with van der Waals surface area (Å²) in [6.07, 6.45) is 2.00. The van der Waals surface area contributed by atoms with Crippen LogP contribution in [0, 0.1) is 13.8 Å². The highest BCUT2D eigenvalue weighted by Crippen LogP contribution is 2.33. The van der Waals surface area contributed by atoms with Crippen molar-refractivity contribution >= 4 is 65.6 Å². The first-order valence-electron chi connectivity index (χ1n) is 9.21. The van der Waals surface area contributed by atoms with E-state index in [1.807, 2.05) is 19.9 Å². The Morgan fingerprint density at radius 2 is 1.97 bits per heavy atom. The van der Waals surface area contributed by atoms with Gasteiger partial charge in [-0.15, -0.1) is 11.3 Å². The first-order chi connectivity index (χ1) is 13.8. The van der Waals surface area contributed by atoms with E-state index >= 15 is 0 Å². The van der Waals surface area contributed by atoms with Crippen LogP contribution in [0.4, 0.5) is 5.13 Å². The first-order valence-corrected chi connectivity index (χ1v) is 12.7. The van der Waals surface area contributed by atoms with E-state index in [1.54, 1.807) is 6.07 Å². The number of fused-ring (bicyclic) bond motifs is 1. The Bertz CT molecular complexity index is 1150. The van der Waals surface area contributed by atoms with Gasteiger partial charge in [0.05, 0.1) is 14.6 Å². The number of thiazole rings is 1. The lowest BCUT2D eigenvalue weighted by Crippen LogP contribution is -2.49. The first kappa shape index (κ1) is 20.7. The number of sulfonamides is 1. The molecule has 10 heteroatoms. The van der Waals surface area contributed by atoms with Gasteiger partial charge in [0, 0.05) is 6.54 Å². The molecule has 6 nitrogen and oxygen atoms in total. The fraction of sp³-hybridized carbons (Fsp3) is 0.368. The fourth-order valence-corrected chi connectivity index (χ4v) is 7.65. The molecule has 1 fully saturated rings. The van der Waals surface area contributed by atoms with Crippen LogP contribution in [0.3, 0.4) is 0 Å². The molecule has 154 valence electrons. The summed E-state index contributed by atoms with van der Waals surface area (Å²) in [4.78, 5) is 17.5. The molecule has 3 aromatic rings. The lowest BCUT2D eigenvalue weighted by atomic mass is 10.0. The predicted molar refractivity (Wildman–Crippen MR) is 119 cm³/mol. The van der Waals surface area contributed by atoms with Crippen LogP contribution in [0.5, 0.6) is 0 Å². The van der Waals surface area contributed by atoms with Crippen LogP contribution >= 0.6 is 34.3 Å². The van der Waals surface area contributed by atoms with Crippen molar-refractivity contribution in [3.8, 4) is 0 Å². The Hall–Kier alpha value is -1.52. The number of anilines is 1. The van der Waals surface area contributed by atoms with Gasteiger partial charge in [-0.1, -0.05) is 29.4 Å². The van der Waals surface area contributed by atoms with Crippen molar-refractivity contribution in [2.45, 2.75) is 43.4 Å². The molecule has 2 aromatic heterocycles. The van der Waals surface area contributed by atoms with Gasteiger partial charge >= 0.3 is 0 Å². The largest absolute Gasteiger partial charge is 0.301 e. The van der Waals surface area contributed by atoms with Crippen LogP contribution in [0.15, 0.2) is 28.5 Å². The van der Waals surface area contributed by atoms with E-state index in [4.69, 9.17) is 11.6 Å². The van der Waals surface area contributed by atoms with E-state index in [2.05, 4.69) is 16.4 Å². The molecule has 0 radical (unpaired) electrons. The minimum Gasteiger partial charge on any atom is -0.301 e. The maximum Gasteiger partial charge on any atom is 0.253 e. The number of nitrogens with zero attached hydrogens (tertiary/aromatic N) is 2. The predicted octanol–water partition coefficient (Wildman–Crippen LogP) is 4.81. The number of piperidine rings is 1. The molecule has 1 aliphatic heterocycles. The molecular weight excluding hydrogens is 450 g/mol. The van der Waals surface area contributed by atoms with Gasteiger partial charge in [-0.05, 0) is 62.1 Å². The van der Waals surface area contributed by atoms with Crippen molar-refractivity contribution in [3.05, 3.63) is 39.7 Å². The van der Waals surface area contributed by atoms with Crippen molar-refractivity contribution < 1.29 is 13.2 Å². The third-order valence-corrected chi connectivity index (χ3v) is 9.64. The SMILES string of the molecule is Cc1cc2nc(NC(=O)C3CCCCN3S(=O)(=O)c3ccc(Cl)s3)sc2cc1C. The van der Waals surface area contributed by atoms with E-state index in [9.17, 15) is 13.2 Å². The molecule has 29 heavy (non-hydrogen) atoms. The van der Waals surface area contributed by atoms with E-state index < -0.39 is 16.1 Å². The van der Waals surface area contributed by atoms with Crippen LogP contribution in [0.25, 0.3) is 10.2 Å². The van der Waals surface area contributed by atoms with E-state index in [-0.39, 0.29) is 10.1 Å². The average Bonchev–Trinajstić information content (AvgIpc) is 3.28. The highest BCUT2D eigenvalue weighted by atomic mass is 35.5. The zero-order chi connectivity index (χ0) is 20.8. The number of halogens is 1. The summed E-state index contributed by atoms with van der Waals surface area (Å²) in [7, 11) is -3.77. The second-order valence-electron chi connectivity index (χ2n) is 7.10. The lowest BCUT2D eigenvalue weighted by Gasteiger charge is -2.32. The molecule has 1 saturated heterocycles. The fourth-order valence-electron chi connectivity index (χ4n) is 3.43. The zero-order valence-corrected chi connectivity index (χ0v) is 19.1. The normalized spacial score (nSPS) is 18.2. The van der Waals surface area contributed by atoms with Crippen molar-refractivity contribution in [1.29, 1.82) is 0 Å². The van der Waals surface area contributed by atoms with Gasteiger partial charge in [-0.25, -0.2) is 13.4 Å². The molecule has 1 amide bonds. The number of carbonyl (C=O) groups excluding carboxylic acids is 1. The molecule has 0 aliphatic carbocycles. The average molecular weight is 470 g/mol. The van der Waals surface area contributed by atoms with Crippen LogP contribution in [0.1, 0.15) is 30.4 Å². The van der Waals surface area contributed by atoms with E-state index in [1.165, 1.54) is 21.7 Å². The number of nitrogens with one attached hydrogen (secondary N) is 1. The Morgan fingerprint density at radius 1 is 1.21 bits per heavy atom. The molecule has 0 saturated carbocycles.